The highest BCUT2D eigenvalue weighted by Gasteiger charge is 2.51. The number of ether oxygens (including phenoxy) is 3. The van der Waals surface area contributed by atoms with Crippen molar-refractivity contribution < 1.29 is 38.8 Å². The van der Waals surface area contributed by atoms with E-state index in [2.05, 4.69) is 26.1 Å². The van der Waals surface area contributed by atoms with E-state index >= 15 is 0 Å². The van der Waals surface area contributed by atoms with Crippen molar-refractivity contribution >= 4 is 29.7 Å². The summed E-state index contributed by atoms with van der Waals surface area (Å²) < 4.78 is 18.2. The van der Waals surface area contributed by atoms with Crippen molar-refractivity contribution in [1.29, 1.82) is 0 Å². The average Bonchev–Trinajstić information content (AvgIpc) is 3.45. The van der Waals surface area contributed by atoms with Gasteiger partial charge in [-0.2, -0.15) is 0 Å². The molecule has 7 atom stereocenters. The zero-order valence-electron chi connectivity index (χ0n) is 27.4. The molecular formula is C36H45ClN2O8. The molecule has 0 aromatic heterocycles. The predicted molar refractivity (Wildman–Crippen MR) is 177 cm³/mol. The Labute approximate surface area is 281 Å². The quantitative estimate of drug-likeness (QED) is 0.285. The van der Waals surface area contributed by atoms with Crippen LogP contribution >= 0.6 is 11.6 Å². The van der Waals surface area contributed by atoms with Crippen LogP contribution in [0.15, 0.2) is 48.0 Å². The highest BCUT2D eigenvalue weighted by atomic mass is 35.5. The van der Waals surface area contributed by atoms with Crippen molar-refractivity contribution in [2.45, 2.75) is 76.9 Å². The minimum Gasteiger partial charge on any atom is -0.493 e. The molecule has 0 radical (unpaired) electrons. The molecule has 1 heterocycles. The number of amides is 2. The molecule has 10 nitrogen and oxygen atoms in total. The summed E-state index contributed by atoms with van der Waals surface area (Å²) >= 11 is 6.16. The number of nitrogens with one attached hydrogen (secondary N) is 1. The molecule has 2 amide bonds. The maximum absolute atomic E-state index is 14.2. The van der Waals surface area contributed by atoms with Gasteiger partial charge in [-0.15, -0.1) is 0 Å². The summed E-state index contributed by atoms with van der Waals surface area (Å²) in [5, 5.41) is 24.7. The van der Waals surface area contributed by atoms with Crippen LogP contribution in [0.1, 0.15) is 67.4 Å². The molecular weight excluding hydrogens is 624 g/mol. The number of methoxy groups -OCH3 is 1. The molecule has 254 valence electrons. The first-order valence-corrected chi connectivity index (χ1v) is 16.7. The van der Waals surface area contributed by atoms with Gasteiger partial charge in [0.05, 0.1) is 31.8 Å². The molecule has 0 saturated heterocycles. The lowest BCUT2D eigenvalue weighted by molar-refractivity contribution is -0.148. The third-order valence-corrected chi connectivity index (χ3v) is 9.99. The molecule has 47 heavy (non-hydrogen) atoms. The fourth-order valence-corrected chi connectivity index (χ4v) is 7.40. The Morgan fingerprint density at radius 3 is 2.60 bits per heavy atom. The first-order valence-electron chi connectivity index (χ1n) is 16.3. The van der Waals surface area contributed by atoms with Crippen LogP contribution in [0.3, 0.4) is 0 Å². The van der Waals surface area contributed by atoms with Crippen molar-refractivity contribution in [3.05, 3.63) is 69.8 Å². The van der Waals surface area contributed by atoms with Gasteiger partial charge in [0.2, 0.25) is 11.8 Å². The Hall–Kier alpha value is -3.44. The van der Waals surface area contributed by atoms with Crippen LogP contribution in [0, 0.1) is 17.8 Å². The van der Waals surface area contributed by atoms with Gasteiger partial charge in [0.25, 0.3) is 0 Å². The van der Waals surface area contributed by atoms with Crippen LogP contribution in [-0.2, 0) is 20.9 Å². The topological polar surface area (TPSA) is 135 Å². The van der Waals surface area contributed by atoms with Crippen molar-refractivity contribution in [2.24, 2.45) is 17.8 Å². The fourth-order valence-electron chi connectivity index (χ4n) is 7.27. The number of rotatable bonds is 12. The molecule has 3 N–H and O–H groups in total. The van der Waals surface area contributed by atoms with E-state index in [9.17, 15) is 24.6 Å². The summed E-state index contributed by atoms with van der Waals surface area (Å²) in [6.45, 7) is 6.22. The number of carbonyl (C=O) groups is 3. The largest absolute Gasteiger partial charge is 0.493 e. The third kappa shape index (κ3) is 7.51. The van der Waals surface area contributed by atoms with E-state index in [1.807, 2.05) is 12.1 Å². The molecule has 2 aliphatic carbocycles. The van der Waals surface area contributed by atoms with Crippen molar-refractivity contribution in [3.63, 3.8) is 0 Å². The van der Waals surface area contributed by atoms with Crippen LogP contribution < -0.4 is 14.8 Å². The fraction of sp³-hybridized carbons (Fsp3) is 0.528. The number of carbonyl (C=O) groups excluding carboxylic acids is 3. The Morgan fingerprint density at radius 2 is 1.94 bits per heavy atom. The number of aldehydes is 1. The zero-order valence-corrected chi connectivity index (χ0v) is 28.1. The molecule has 0 bridgehead atoms. The lowest BCUT2D eigenvalue weighted by atomic mass is 9.75. The number of benzene rings is 2. The minimum atomic E-state index is -1.26. The Balaban J connectivity index is 1.53. The van der Waals surface area contributed by atoms with Gasteiger partial charge >= 0.3 is 0 Å². The van der Waals surface area contributed by atoms with Gasteiger partial charge < -0.3 is 34.6 Å². The number of aliphatic hydroxyl groups excluding tert-OH is 2. The van der Waals surface area contributed by atoms with Gasteiger partial charge in [-0.1, -0.05) is 50.9 Å². The molecule has 2 aromatic carbocycles. The lowest BCUT2D eigenvalue weighted by Gasteiger charge is -2.41. The Morgan fingerprint density at radius 1 is 1.19 bits per heavy atom. The van der Waals surface area contributed by atoms with Crippen LogP contribution in [-0.4, -0.2) is 84.4 Å². The molecule has 0 unspecified atom stereocenters. The van der Waals surface area contributed by atoms with E-state index in [-0.39, 0.29) is 43.9 Å². The number of fused-ring (bicyclic) bond motifs is 3. The van der Waals surface area contributed by atoms with E-state index in [0.717, 1.165) is 24.8 Å². The van der Waals surface area contributed by atoms with Gasteiger partial charge in [-0.25, -0.2) is 0 Å². The number of aliphatic hydroxyl groups is 2. The number of hydrogen-bond donors (Lipinski definition) is 3. The highest BCUT2D eigenvalue weighted by molar-refractivity contribution is 6.30. The van der Waals surface area contributed by atoms with E-state index in [0.29, 0.717) is 51.7 Å². The van der Waals surface area contributed by atoms with E-state index < -0.39 is 30.1 Å². The van der Waals surface area contributed by atoms with E-state index in [1.54, 1.807) is 24.3 Å². The number of halogens is 1. The molecule has 1 fully saturated rings. The second-order valence-corrected chi connectivity index (χ2v) is 13.7. The summed E-state index contributed by atoms with van der Waals surface area (Å²) in [5.41, 5.74) is 1.86. The molecule has 3 aliphatic rings. The van der Waals surface area contributed by atoms with Crippen LogP contribution in [0.4, 0.5) is 0 Å². The van der Waals surface area contributed by atoms with E-state index in [1.165, 1.54) is 18.1 Å². The van der Waals surface area contributed by atoms with Crippen LogP contribution in [0.5, 0.6) is 11.5 Å². The summed E-state index contributed by atoms with van der Waals surface area (Å²) in [7, 11) is 1.45. The first-order chi connectivity index (χ1) is 22.6. The Kier molecular flexibility index (Phi) is 11.3. The molecule has 2 aromatic rings. The first kappa shape index (κ1) is 34.9. The van der Waals surface area contributed by atoms with E-state index in [4.69, 9.17) is 25.8 Å². The third-order valence-electron chi connectivity index (χ3n) is 9.74. The monoisotopic (exact) mass is 668 g/mol. The molecule has 1 aliphatic heterocycles. The highest BCUT2D eigenvalue weighted by Crippen LogP contribution is 2.51. The number of hydrogen-bond acceptors (Lipinski definition) is 8. The van der Waals surface area contributed by atoms with Crippen molar-refractivity contribution in [1.82, 2.24) is 10.2 Å². The molecule has 5 rings (SSSR count). The predicted octanol–water partition coefficient (Wildman–Crippen LogP) is 4.29. The second-order valence-electron chi connectivity index (χ2n) is 13.2. The van der Waals surface area contributed by atoms with Crippen LogP contribution in [0.25, 0.3) is 0 Å². The molecule has 11 heteroatoms. The summed E-state index contributed by atoms with van der Waals surface area (Å²) in [4.78, 5) is 41.2. The van der Waals surface area contributed by atoms with Gasteiger partial charge in [0.15, 0.2) is 11.5 Å². The SMILES string of the molecule is COc1cc(C=O)cc2c1O[C@@H]1[C@@H](O)[C@H](N(Cc3ccc(Cl)cc3)C(=O)CO[C@H]3C[C@@H](C)CC[C@@H]3C(C)C)C=C(C(=O)NCCO)[C@H]21. The van der Waals surface area contributed by atoms with Crippen molar-refractivity contribution in [3.8, 4) is 11.5 Å². The van der Waals surface area contributed by atoms with Gasteiger partial charge in [-0.3, -0.25) is 14.4 Å². The lowest BCUT2D eigenvalue weighted by Crippen LogP contribution is -2.56. The van der Waals surface area contributed by atoms with Gasteiger partial charge in [0.1, 0.15) is 25.1 Å². The maximum atomic E-state index is 14.2. The Bertz CT molecular complexity index is 1480. The smallest absolute Gasteiger partial charge is 0.249 e. The van der Waals surface area contributed by atoms with Gasteiger partial charge in [-0.05, 0) is 66.5 Å². The van der Waals surface area contributed by atoms with Crippen molar-refractivity contribution in [2.75, 3.05) is 26.9 Å². The second kappa shape index (κ2) is 15.2. The standard InChI is InChI=1S/C36H45ClN2O8/c1-20(2)25-10-5-21(3)13-29(25)46-19-31(42)39(17-22-6-8-24(37)9-7-22)28-16-27(36(44)38-11-12-40)32-26-14-23(18-41)15-30(45-4)34(26)47-35(32)33(28)43/h6-9,14-16,18,20-21,25,28-29,32-33,35,40,43H,5,10-13,17,19H2,1-4H3,(H,38,44)/t21-,25+,28+,29-,32-,33-,35-/m0/s1. The number of nitrogens with zero attached hydrogens (tertiary/aromatic N) is 1. The normalized spacial score (nSPS) is 26.5. The molecule has 1 saturated carbocycles. The minimum absolute atomic E-state index is 0.00425. The summed E-state index contributed by atoms with van der Waals surface area (Å²) in [6.07, 6.45) is 3.01. The summed E-state index contributed by atoms with van der Waals surface area (Å²) in [5.74, 6) is 0.264. The molecule has 0 spiro atoms. The van der Waals surface area contributed by atoms with Gasteiger partial charge in [0, 0.05) is 34.8 Å². The van der Waals surface area contributed by atoms with Crippen LogP contribution in [0.2, 0.25) is 5.02 Å². The maximum Gasteiger partial charge on any atom is 0.249 e. The average molecular weight is 669 g/mol. The zero-order chi connectivity index (χ0) is 33.8. The summed E-state index contributed by atoms with van der Waals surface area (Å²) in [6, 6.07) is 9.27.